The van der Waals surface area contributed by atoms with E-state index in [9.17, 15) is 4.79 Å². The Labute approximate surface area is 72.4 Å². The van der Waals surface area contributed by atoms with Crippen LogP contribution < -0.4 is 3.51 Å². The molecule has 0 aromatic heterocycles. The molecule has 0 aliphatic carbocycles. The van der Waals surface area contributed by atoms with E-state index in [-0.39, 0.29) is 0 Å². The zero-order chi connectivity index (χ0) is 7.56. The molecular weight excluding hydrogens is 238 g/mol. The van der Waals surface area contributed by atoms with Gasteiger partial charge in [-0.25, -0.2) is 0 Å². The summed E-state index contributed by atoms with van der Waals surface area (Å²) in [6.07, 6.45) is 0. The van der Waals surface area contributed by atoms with Crippen molar-refractivity contribution in [2.24, 2.45) is 0 Å². The van der Waals surface area contributed by atoms with E-state index in [0.29, 0.717) is 5.56 Å². The molecule has 51 valence electrons. The molecule has 1 radical (unpaired) electrons. The summed E-state index contributed by atoms with van der Waals surface area (Å²) in [6.45, 7) is 0. The second kappa shape index (κ2) is 3.07. The number of rotatable bonds is 1. The topological polar surface area (TPSA) is 37.3 Å². The Morgan fingerprint density at radius 1 is 1.30 bits per heavy atom. The maximum atomic E-state index is 10.3. The number of benzene rings is 1. The predicted octanol–water partition coefficient (Wildman–Crippen LogP) is -0.0891. The molecule has 1 N–H and O–H groups in total. The minimum atomic E-state index is -0.865. The molecule has 0 spiro atoms. The van der Waals surface area contributed by atoms with Gasteiger partial charge in [0.1, 0.15) is 0 Å². The van der Waals surface area contributed by atoms with Gasteiger partial charge < -0.3 is 0 Å². The normalized spacial score (nSPS) is 9.30. The average Bonchev–Trinajstić information content (AvgIpc) is 1.88. The third-order valence-electron chi connectivity index (χ3n) is 1.13. The van der Waals surface area contributed by atoms with E-state index in [1.165, 1.54) is 23.0 Å². The SMILES string of the molecule is O=C(O)c1cc[c]([SbH])cc1. The molecule has 0 fully saturated rings. The molecule has 0 bridgehead atoms. The molecule has 3 heteroatoms. The van der Waals surface area contributed by atoms with Gasteiger partial charge in [-0.1, -0.05) is 0 Å². The van der Waals surface area contributed by atoms with Crippen molar-refractivity contribution in [2.45, 2.75) is 0 Å². The number of aromatic carboxylic acids is 1. The molecule has 0 aliphatic rings. The van der Waals surface area contributed by atoms with E-state index in [4.69, 9.17) is 5.11 Å². The first kappa shape index (κ1) is 7.61. The summed E-state index contributed by atoms with van der Waals surface area (Å²) in [5.41, 5.74) is 0.353. The molecule has 0 heterocycles. The van der Waals surface area contributed by atoms with Crippen molar-refractivity contribution in [1.29, 1.82) is 0 Å². The van der Waals surface area contributed by atoms with Gasteiger partial charge in [0, 0.05) is 0 Å². The van der Waals surface area contributed by atoms with Crippen LogP contribution in [0.2, 0.25) is 0 Å². The van der Waals surface area contributed by atoms with Crippen molar-refractivity contribution < 1.29 is 9.90 Å². The molecule has 0 saturated heterocycles. The molecular formula is C7H6O2Sb. The fraction of sp³-hybridized carbons (Fsp3) is 0. The van der Waals surface area contributed by atoms with Crippen LogP contribution >= 0.6 is 0 Å². The first-order valence-corrected chi connectivity index (χ1v) is 4.18. The Balaban J connectivity index is 3.00. The fourth-order valence-corrected chi connectivity index (χ4v) is 1.09. The van der Waals surface area contributed by atoms with Gasteiger partial charge in [-0.3, -0.25) is 0 Å². The van der Waals surface area contributed by atoms with E-state index in [0.717, 1.165) is 3.51 Å². The van der Waals surface area contributed by atoms with E-state index in [1.807, 2.05) is 12.1 Å². The number of carboxylic acid groups (broad SMARTS) is 1. The molecule has 1 aromatic carbocycles. The van der Waals surface area contributed by atoms with Crippen LogP contribution in [0.3, 0.4) is 0 Å². The predicted molar refractivity (Wildman–Crippen MR) is 40.2 cm³/mol. The summed E-state index contributed by atoms with van der Waals surface area (Å²) >= 11 is 1.31. The van der Waals surface area contributed by atoms with Crippen LogP contribution in [0, 0.1) is 0 Å². The van der Waals surface area contributed by atoms with Crippen LogP contribution in [0.15, 0.2) is 24.3 Å². The third kappa shape index (κ3) is 1.74. The monoisotopic (exact) mass is 243 g/mol. The molecule has 1 aromatic rings. The quantitative estimate of drug-likeness (QED) is 0.701. The van der Waals surface area contributed by atoms with Gasteiger partial charge in [0.15, 0.2) is 0 Å². The summed E-state index contributed by atoms with van der Waals surface area (Å²) in [5, 5.41) is 8.48. The van der Waals surface area contributed by atoms with Crippen LogP contribution in [0.5, 0.6) is 0 Å². The van der Waals surface area contributed by atoms with Crippen LogP contribution in [0.1, 0.15) is 10.4 Å². The zero-order valence-corrected chi connectivity index (χ0v) is 8.02. The Morgan fingerprint density at radius 3 is 2.20 bits per heavy atom. The Morgan fingerprint density at radius 2 is 1.80 bits per heavy atom. The van der Waals surface area contributed by atoms with Gasteiger partial charge in [0.25, 0.3) is 0 Å². The molecule has 10 heavy (non-hydrogen) atoms. The van der Waals surface area contributed by atoms with E-state index < -0.39 is 5.97 Å². The summed E-state index contributed by atoms with van der Waals surface area (Å²) in [4.78, 5) is 10.3. The molecule has 0 aliphatic heterocycles. The second-order valence-electron chi connectivity index (χ2n) is 1.88. The summed E-state index contributed by atoms with van der Waals surface area (Å²) < 4.78 is 1.16. The number of carbonyl (C=O) groups is 1. The van der Waals surface area contributed by atoms with Crippen molar-refractivity contribution >= 4 is 32.5 Å². The maximum absolute atomic E-state index is 10.3. The Bertz CT molecular complexity index is 240. The van der Waals surface area contributed by atoms with Gasteiger partial charge in [-0.15, -0.1) is 0 Å². The first-order chi connectivity index (χ1) is 4.70. The molecule has 2 nitrogen and oxygen atoms in total. The first-order valence-electron chi connectivity index (χ1n) is 2.75. The van der Waals surface area contributed by atoms with Crippen molar-refractivity contribution in [3.63, 3.8) is 0 Å². The van der Waals surface area contributed by atoms with Gasteiger partial charge in [0.05, 0.1) is 0 Å². The van der Waals surface area contributed by atoms with Crippen molar-refractivity contribution in [3.05, 3.63) is 29.8 Å². The zero-order valence-electron chi connectivity index (χ0n) is 5.16. The Hall–Kier alpha value is -0.492. The van der Waals surface area contributed by atoms with Gasteiger partial charge >= 0.3 is 72.2 Å². The average molecular weight is 244 g/mol. The summed E-state index contributed by atoms with van der Waals surface area (Å²) in [6, 6.07) is 6.88. The second-order valence-corrected chi connectivity index (χ2v) is 3.53. The third-order valence-corrected chi connectivity index (χ3v) is 2.08. The summed E-state index contributed by atoms with van der Waals surface area (Å²) in [5.74, 6) is -0.865. The minimum absolute atomic E-state index is 0.353. The molecule has 0 unspecified atom stereocenters. The van der Waals surface area contributed by atoms with Crippen molar-refractivity contribution in [1.82, 2.24) is 0 Å². The summed E-state index contributed by atoms with van der Waals surface area (Å²) in [7, 11) is 0. The number of hydrogen-bond donors (Lipinski definition) is 1. The van der Waals surface area contributed by atoms with Crippen LogP contribution in [0.25, 0.3) is 0 Å². The molecule has 0 amide bonds. The van der Waals surface area contributed by atoms with Gasteiger partial charge in [0.2, 0.25) is 0 Å². The fourth-order valence-electron chi connectivity index (χ4n) is 0.613. The van der Waals surface area contributed by atoms with E-state index >= 15 is 0 Å². The number of hydrogen-bond acceptors (Lipinski definition) is 1. The van der Waals surface area contributed by atoms with E-state index in [1.54, 1.807) is 12.1 Å². The van der Waals surface area contributed by atoms with Crippen molar-refractivity contribution in [2.75, 3.05) is 0 Å². The Kier molecular flexibility index (Phi) is 2.33. The molecule has 1 rings (SSSR count). The molecule has 0 saturated carbocycles. The van der Waals surface area contributed by atoms with Crippen LogP contribution in [-0.4, -0.2) is 34.1 Å². The van der Waals surface area contributed by atoms with Gasteiger partial charge in [-0.2, -0.15) is 0 Å². The van der Waals surface area contributed by atoms with Crippen LogP contribution in [0.4, 0.5) is 0 Å². The standard InChI is InChI=1S/C7H5O2.Sb.H/c8-7(9)6-4-2-1-3-5-6;;/h2-5H,(H,8,9);;. The number of carboxylic acids is 1. The van der Waals surface area contributed by atoms with Gasteiger partial charge in [-0.05, 0) is 0 Å². The molecule has 0 atom stereocenters. The van der Waals surface area contributed by atoms with E-state index in [2.05, 4.69) is 0 Å². The van der Waals surface area contributed by atoms with Crippen molar-refractivity contribution in [3.8, 4) is 0 Å². The van der Waals surface area contributed by atoms with Crippen LogP contribution in [-0.2, 0) is 0 Å².